The fourth-order valence-electron chi connectivity index (χ4n) is 5.04. The van der Waals surface area contributed by atoms with Gasteiger partial charge in [-0.1, -0.05) is 43.7 Å². The molecule has 190 valence electrons. The fraction of sp³-hybridized carbons (Fsp3) is 0.300. The highest BCUT2D eigenvalue weighted by Gasteiger charge is 2.30. The average molecular weight is 498 g/mol. The first-order valence-electron chi connectivity index (χ1n) is 12.7. The predicted octanol–water partition coefficient (Wildman–Crippen LogP) is 5.73. The molecule has 1 aliphatic heterocycles. The Morgan fingerprint density at radius 3 is 2.57 bits per heavy atom. The van der Waals surface area contributed by atoms with Crippen LogP contribution in [0.4, 0.5) is 0 Å². The summed E-state index contributed by atoms with van der Waals surface area (Å²) >= 11 is 0. The Morgan fingerprint density at radius 1 is 1.03 bits per heavy atom. The summed E-state index contributed by atoms with van der Waals surface area (Å²) in [6.45, 7) is 8.75. The molecule has 0 bridgehead atoms. The number of carbonyl (C=O) groups is 1. The van der Waals surface area contributed by atoms with Crippen LogP contribution in [0.25, 0.3) is 16.6 Å². The van der Waals surface area contributed by atoms with E-state index in [-0.39, 0.29) is 18.3 Å². The molecule has 0 saturated heterocycles. The Bertz CT molecular complexity index is 1540. The Labute approximate surface area is 216 Å². The van der Waals surface area contributed by atoms with E-state index in [4.69, 9.17) is 14.5 Å². The normalized spacial score (nSPS) is 13.1. The SMILES string of the molecule is CCCN(C(=O)c1ccc2c(c1)OCO2)C(CC)c1nc2ccccc2c(=O)n1-c1ccc(C)cc1C. The smallest absolute Gasteiger partial charge is 0.266 e. The van der Waals surface area contributed by atoms with Gasteiger partial charge in [-0.15, -0.1) is 0 Å². The number of benzene rings is 3. The largest absolute Gasteiger partial charge is 0.454 e. The van der Waals surface area contributed by atoms with Gasteiger partial charge < -0.3 is 14.4 Å². The molecule has 7 nitrogen and oxygen atoms in total. The molecular weight excluding hydrogens is 466 g/mol. The van der Waals surface area contributed by atoms with Crippen molar-refractivity contribution in [2.45, 2.75) is 46.6 Å². The van der Waals surface area contributed by atoms with Gasteiger partial charge in [-0.2, -0.15) is 0 Å². The van der Waals surface area contributed by atoms with Crippen LogP contribution < -0.4 is 15.0 Å². The van der Waals surface area contributed by atoms with Crippen molar-refractivity contribution in [3.05, 3.63) is 93.5 Å². The molecule has 4 aromatic rings. The molecule has 0 fully saturated rings. The first-order chi connectivity index (χ1) is 17.9. The number of para-hydroxylation sites is 1. The van der Waals surface area contributed by atoms with Crippen molar-refractivity contribution in [1.82, 2.24) is 14.5 Å². The monoisotopic (exact) mass is 497 g/mol. The molecule has 2 heterocycles. The zero-order valence-corrected chi connectivity index (χ0v) is 21.7. The van der Waals surface area contributed by atoms with E-state index in [2.05, 4.69) is 6.07 Å². The van der Waals surface area contributed by atoms with Crippen molar-refractivity contribution >= 4 is 16.8 Å². The number of rotatable bonds is 7. The molecule has 5 rings (SSSR count). The van der Waals surface area contributed by atoms with Crippen molar-refractivity contribution in [1.29, 1.82) is 0 Å². The van der Waals surface area contributed by atoms with Crippen LogP contribution in [-0.4, -0.2) is 33.7 Å². The van der Waals surface area contributed by atoms with E-state index in [1.807, 2.05) is 62.9 Å². The quantitative estimate of drug-likeness (QED) is 0.326. The van der Waals surface area contributed by atoms with Crippen LogP contribution in [0.3, 0.4) is 0 Å². The fourth-order valence-corrected chi connectivity index (χ4v) is 5.04. The van der Waals surface area contributed by atoms with Gasteiger partial charge in [0.25, 0.3) is 11.5 Å². The zero-order valence-electron chi connectivity index (χ0n) is 21.7. The van der Waals surface area contributed by atoms with Crippen LogP contribution in [-0.2, 0) is 0 Å². The zero-order chi connectivity index (χ0) is 26.1. The van der Waals surface area contributed by atoms with Gasteiger partial charge in [0.15, 0.2) is 11.5 Å². The van der Waals surface area contributed by atoms with Crippen LogP contribution in [0.15, 0.2) is 65.5 Å². The lowest BCUT2D eigenvalue weighted by atomic mass is 10.1. The van der Waals surface area contributed by atoms with E-state index >= 15 is 0 Å². The lowest BCUT2D eigenvalue weighted by Gasteiger charge is -2.32. The third kappa shape index (κ3) is 4.46. The third-order valence-corrected chi connectivity index (χ3v) is 6.80. The van der Waals surface area contributed by atoms with Crippen molar-refractivity contribution in [2.24, 2.45) is 0 Å². The number of amides is 1. The molecule has 0 radical (unpaired) electrons. The molecule has 0 saturated carbocycles. The minimum atomic E-state index is -0.420. The maximum Gasteiger partial charge on any atom is 0.266 e. The first kappa shape index (κ1) is 24.6. The maximum atomic E-state index is 13.9. The van der Waals surface area contributed by atoms with E-state index < -0.39 is 6.04 Å². The number of hydrogen-bond donors (Lipinski definition) is 0. The third-order valence-electron chi connectivity index (χ3n) is 6.80. The molecule has 1 amide bonds. The summed E-state index contributed by atoms with van der Waals surface area (Å²) in [5.74, 6) is 1.61. The van der Waals surface area contributed by atoms with Gasteiger partial charge in [0.05, 0.1) is 22.6 Å². The topological polar surface area (TPSA) is 73.7 Å². The van der Waals surface area contributed by atoms with E-state index in [1.54, 1.807) is 28.8 Å². The Morgan fingerprint density at radius 2 is 1.81 bits per heavy atom. The number of ether oxygens (including phenoxy) is 2. The molecule has 0 aliphatic carbocycles. The second kappa shape index (κ2) is 10.1. The molecule has 1 unspecified atom stereocenters. The minimum Gasteiger partial charge on any atom is -0.454 e. The lowest BCUT2D eigenvalue weighted by Crippen LogP contribution is -2.39. The number of aromatic nitrogens is 2. The number of hydrogen-bond acceptors (Lipinski definition) is 5. The highest BCUT2D eigenvalue weighted by Crippen LogP contribution is 2.34. The summed E-state index contributed by atoms with van der Waals surface area (Å²) in [6.07, 6.45) is 1.35. The van der Waals surface area contributed by atoms with Crippen LogP contribution in [0.5, 0.6) is 11.5 Å². The molecule has 7 heteroatoms. The van der Waals surface area contributed by atoms with E-state index in [0.29, 0.717) is 46.8 Å². The molecule has 1 aliphatic rings. The lowest BCUT2D eigenvalue weighted by molar-refractivity contribution is 0.0659. The standard InChI is InChI=1S/C30H31N3O4/c1-5-15-32(29(34)21-12-14-26-27(17-21)37-18-36-26)24(6-2)28-31-23-10-8-7-9-22(23)30(35)33(28)25-13-11-19(3)16-20(25)4/h7-14,16-17,24H,5-6,15,18H2,1-4H3. The van der Waals surface area contributed by atoms with Gasteiger partial charge in [-0.05, 0) is 68.7 Å². The molecule has 3 aromatic carbocycles. The Balaban J connectivity index is 1.70. The molecule has 0 spiro atoms. The Kier molecular flexibility index (Phi) is 6.70. The predicted molar refractivity (Wildman–Crippen MR) is 144 cm³/mol. The second-order valence-corrected chi connectivity index (χ2v) is 9.41. The summed E-state index contributed by atoms with van der Waals surface area (Å²) < 4.78 is 12.6. The van der Waals surface area contributed by atoms with Gasteiger partial charge in [-0.3, -0.25) is 14.2 Å². The van der Waals surface area contributed by atoms with E-state index in [1.165, 1.54) is 0 Å². The van der Waals surface area contributed by atoms with E-state index in [9.17, 15) is 9.59 Å². The summed E-state index contributed by atoms with van der Waals surface area (Å²) in [5, 5.41) is 0.546. The number of carbonyl (C=O) groups excluding carboxylic acids is 1. The highest BCUT2D eigenvalue weighted by atomic mass is 16.7. The van der Waals surface area contributed by atoms with Crippen molar-refractivity contribution in [3.63, 3.8) is 0 Å². The van der Waals surface area contributed by atoms with E-state index in [0.717, 1.165) is 23.2 Å². The first-order valence-corrected chi connectivity index (χ1v) is 12.7. The molecular formula is C30H31N3O4. The maximum absolute atomic E-state index is 13.9. The Hall–Kier alpha value is -4.13. The highest BCUT2D eigenvalue weighted by molar-refractivity contribution is 5.95. The van der Waals surface area contributed by atoms with Crippen molar-refractivity contribution in [2.75, 3.05) is 13.3 Å². The molecule has 0 N–H and O–H groups in total. The average Bonchev–Trinajstić information content (AvgIpc) is 3.37. The molecule has 37 heavy (non-hydrogen) atoms. The minimum absolute atomic E-state index is 0.137. The summed E-state index contributed by atoms with van der Waals surface area (Å²) in [7, 11) is 0. The van der Waals surface area contributed by atoms with Crippen LogP contribution in [0.1, 0.15) is 60.0 Å². The summed E-state index contributed by atoms with van der Waals surface area (Å²) in [6, 6.07) is 18.2. The second-order valence-electron chi connectivity index (χ2n) is 9.41. The van der Waals surface area contributed by atoms with Crippen LogP contribution in [0.2, 0.25) is 0 Å². The van der Waals surface area contributed by atoms with Crippen molar-refractivity contribution < 1.29 is 14.3 Å². The summed E-state index contributed by atoms with van der Waals surface area (Å²) in [5.41, 5.74) is 3.85. The van der Waals surface area contributed by atoms with Gasteiger partial charge >= 0.3 is 0 Å². The molecule has 1 atom stereocenters. The van der Waals surface area contributed by atoms with Crippen LogP contribution in [0, 0.1) is 13.8 Å². The van der Waals surface area contributed by atoms with Gasteiger partial charge in [0.1, 0.15) is 5.82 Å². The van der Waals surface area contributed by atoms with Gasteiger partial charge in [-0.25, -0.2) is 4.98 Å². The number of fused-ring (bicyclic) bond motifs is 2. The summed E-state index contributed by atoms with van der Waals surface area (Å²) in [4.78, 5) is 34.7. The number of nitrogens with zero attached hydrogens (tertiary/aromatic N) is 3. The number of aryl methyl sites for hydroxylation is 2. The van der Waals surface area contributed by atoms with Crippen molar-refractivity contribution in [3.8, 4) is 17.2 Å². The molecule has 1 aromatic heterocycles. The van der Waals surface area contributed by atoms with Gasteiger partial charge in [0.2, 0.25) is 6.79 Å². The van der Waals surface area contributed by atoms with Crippen LogP contribution >= 0.6 is 0 Å². The van der Waals surface area contributed by atoms with Gasteiger partial charge in [0, 0.05) is 12.1 Å².